The van der Waals surface area contributed by atoms with Gasteiger partial charge in [-0.3, -0.25) is 4.79 Å². The summed E-state index contributed by atoms with van der Waals surface area (Å²) in [6.07, 6.45) is 3.56. The van der Waals surface area contributed by atoms with E-state index < -0.39 is 5.60 Å². The van der Waals surface area contributed by atoms with Gasteiger partial charge in [-0.25, -0.2) is 4.98 Å². The Morgan fingerprint density at radius 3 is 2.81 bits per heavy atom. The van der Waals surface area contributed by atoms with Gasteiger partial charge in [-0.15, -0.1) is 0 Å². The number of nitrogens with zero attached hydrogens (tertiary/aromatic N) is 2. The van der Waals surface area contributed by atoms with E-state index in [2.05, 4.69) is 4.98 Å². The van der Waals surface area contributed by atoms with E-state index in [9.17, 15) is 4.79 Å². The molecule has 0 aliphatic carbocycles. The van der Waals surface area contributed by atoms with Crippen LogP contribution in [0.1, 0.15) is 44.9 Å². The zero-order chi connectivity index (χ0) is 15.7. The molecule has 0 aliphatic heterocycles. The average molecular weight is 290 g/mol. The van der Waals surface area contributed by atoms with Crippen LogP contribution in [0.15, 0.2) is 18.3 Å². The van der Waals surface area contributed by atoms with Crippen LogP contribution in [0.5, 0.6) is 0 Å². The lowest BCUT2D eigenvalue weighted by Crippen LogP contribution is -2.24. The number of nitriles is 1. The number of ether oxygens (including phenoxy) is 2. The van der Waals surface area contributed by atoms with Crippen molar-refractivity contribution in [2.75, 3.05) is 13.2 Å². The Balaban J connectivity index is 2.12. The average Bonchev–Trinajstić information content (AvgIpc) is 2.41. The molecular formula is C16H22N2O3. The third-order valence-corrected chi connectivity index (χ3v) is 2.56. The minimum absolute atomic E-state index is 0.240. The third kappa shape index (κ3) is 8.05. The van der Waals surface area contributed by atoms with Crippen LogP contribution in [0.25, 0.3) is 0 Å². The number of hydrogen-bond donors (Lipinski definition) is 0. The maximum atomic E-state index is 11.4. The first kappa shape index (κ1) is 17.1. The number of esters is 1. The fraction of sp³-hybridized carbons (Fsp3) is 0.562. The highest BCUT2D eigenvalue weighted by atomic mass is 16.6. The van der Waals surface area contributed by atoms with Gasteiger partial charge in [0.1, 0.15) is 17.4 Å². The van der Waals surface area contributed by atoms with Crippen molar-refractivity contribution in [3.8, 4) is 6.07 Å². The Kier molecular flexibility index (Phi) is 6.83. The van der Waals surface area contributed by atoms with E-state index in [4.69, 9.17) is 14.7 Å². The summed E-state index contributed by atoms with van der Waals surface area (Å²) in [5.74, 6) is -0.240. The summed E-state index contributed by atoms with van der Waals surface area (Å²) < 4.78 is 10.6. The van der Waals surface area contributed by atoms with Crippen LogP contribution in [-0.4, -0.2) is 29.8 Å². The summed E-state index contributed by atoms with van der Waals surface area (Å²) in [6, 6.07) is 5.68. The monoisotopic (exact) mass is 290 g/mol. The number of aryl methyl sites for hydroxylation is 1. The highest BCUT2D eigenvalue weighted by molar-refractivity contribution is 5.69. The van der Waals surface area contributed by atoms with Crippen molar-refractivity contribution in [1.29, 1.82) is 5.26 Å². The molecule has 5 nitrogen and oxygen atoms in total. The summed E-state index contributed by atoms with van der Waals surface area (Å²) in [7, 11) is 0. The molecule has 0 spiro atoms. The first-order valence-electron chi connectivity index (χ1n) is 7.05. The zero-order valence-corrected chi connectivity index (χ0v) is 12.9. The molecule has 0 amide bonds. The highest BCUT2D eigenvalue weighted by Crippen LogP contribution is 2.08. The molecule has 1 aromatic heterocycles. The molecule has 1 rings (SSSR count). The number of pyridine rings is 1. The van der Waals surface area contributed by atoms with Gasteiger partial charge in [0.15, 0.2) is 0 Å². The Labute approximate surface area is 125 Å². The van der Waals surface area contributed by atoms with E-state index >= 15 is 0 Å². The number of hydrogen-bond acceptors (Lipinski definition) is 5. The van der Waals surface area contributed by atoms with Crippen molar-refractivity contribution in [3.05, 3.63) is 29.6 Å². The van der Waals surface area contributed by atoms with Crippen LogP contribution >= 0.6 is 0 Å². The largest absolute Gasteiger partial charge is 0.460 e. The number of carbonyl (C=O) groups excluding carboxylic acids is 1. The Hall–Kier alpha value is -1.93. The molecule has 0 bridgehead atoms. The van der Waals surface area contributed by atoms with Gasteiger partial charge in [0.05, 0.1) is 13.0 Å². The topological polar surface area (TPSA) is 72.2 Å². The smallest absolute Gasteiger partial charge is 0.308 e. The fourth-order valence-corrected chi connectivity index (χ4v) is 1.72. The lowest BCUT2D eigenvalue weighted by Gasteiger charge is -2.19. The second-order valence-corrected chi connectivity index (χ2v) is 5.71. The van der Waals surface area contributed by atoms with Gasteiger partial charge < -0.3 is 9.47 Å². The summed E-state index contributed by atoms with van der Waals surface area (Å²) in [4.78, 5) is 15.4. The van der Waals surface area contributed by atoms with Crippen molar-refractivity contribution in [2.45, 2.75) is 45.6 Å². The van der Waals surface area contributed by atoms with E-state index in [0.717, 1.165) is 18.4 Å². The van der Waals surface area contributed by atoms with Crippen molar-refractivity contribution in [3.63, 3.8) is 0 Å². The highest BCUT2D eigenvalue weighted by Gasteiger charge is 2.15. The lowest BCUT2D eigenvalue weighted by molar-refractivity contribution is -0.156. The molecule has 0 aliphatic rings. The van der Waals surface area contributed by atoms with Crippen molar-refractivity contribution >= 4 is 5.97 Å². The van der Waals surface area contributed by atoms with Crippen LogP contribution in [0, 0.1) is 11.3 Å². The maximum Gasteiger partial charge on any atom is 0.308 e. The van der Waals surface area contributed by atoms with Crippen LogP contribution in [-0.2, 0) is 20.7 Å². The molecule has 21 heavy (non-hydrogen) atoms. The Morgan fingerprint density at radius 2 is 2.14 bits per heavy atom. The first-order chi connectivity index (χ1) is 9.90. The van der Waals surface area contributed by atoms with E-state index in [1.54, 1.807) is 12.3 Å². The summed E-state index contributed by atoms with van der Waals surface area (Å²) >= 11 is 0. The van der Waals surface area contributed by atoms with Gasteiger partial charge in [0.25, 0.3) is 0 Å². The Morgan fingerprint density at radius 1 is 1.38 bits per heavy atom. The van der Waals surface area contributed by atoms with E-state index in [0.29, 0.717) is 18.9 Å². The second kappa shape index (κ2) is 8.38. The number of aromatic nitrogens is 1. The second-order valence-electron chi connectivity index (χ2n) is 5.71. The molecule has 0 N–H and O–H groups in total. The summed E-state index contributed by atoms with van der Waals surface area (Å²) in [6.45, 7) is 6.48. The molecule has 114 valence electrons. The van der Waals surface area contributed by atoms with Crippen molar-refractivity contribution < 1.29 is 14.3 Å². The first-order valence-corrected chi connectivity index (χ1v) is 7.05. The van der Waals surface area contributed by atoms with Crippen molar-refractivity contribution in [2.24, 2.45) is 0 Å². The molecule has 0 atom stereocenters. The normalized spacial score (nSPS) is 11.0. The minimum Gasteiger partial charge on any atom is -0.460 e. The van der Waals surface area contributed by atoms with Gasteiger partial charge in [-0.2, -0.15) is 5.26 Å². The van der Waals surface area contributed by atoms with Gasteiger partial charge in [-0.05, 0) is 51.3 Å². The molecule has 5 heteroatoms. The molecule has 0 saturated heterocycles. The molecule has 0 radical (unpaired) electrons. The van der Waals surface area contributed by atoms with Gasteiger partial charge in [-0.1, -0.05) is 0 Å². The Bertz CT molecular complexity index is 501. The van der Waals surface area contributed by atoms with E-state index in [1.165, 1.54) is 0 Å². The minimum atomic E-state index is -0.448. The fourth-order valence-electron chi connectivity index (χ4n) is 1.72. The quantitative estimate of drug-likeness (QED) is 0.570. The maximum absolute atomic E-state index is 11.4. The molecular weight excluding hydrogens is 268 g/mol. The predicted octanol–water partition coefficient (Wildman–Crippen LogP) is 2.63. The third-order valence-electron chi connectivity index (χ3n) is 2.56. The van der Waals surface area contributed by atoms with Crippen molar-refractivity contribution in [1.82, 2.24) is 4.98 Å². The zero-order valence-electron chi connectivity index (χ0n) is 12.9. The summed E-state index contributed by atoms with van der Waals surface area (Å²) in [5.41, 5.74) is 1.05. The summed E-state index contributed by atoms with van der Waals surface area (Å²) in [5, 5.41) is 8.76. The molecule has 1 aromatic rings. The van der Waals surface area contributed by atoms with E-state index in [1.807, 2.05) is 32.9 Å². The van der Waals surface area contributed by atoms with Crippen LogP contribution < -0.4 is 0 Å². The molecule has 0 unspecified atom stereocenters. The molecule has 0 aromatic carbocycles. The van der Waals surface area contributed by atoms with Crippen LogP contribution in [0.2, 0.25) is 0 Å². The lowest BCUT2D eigenvalue weighted by atomic mass is 10.1. The molecule has 0 fully saturated rings. The van der Waals surface area contributed by atoms with Gasteiger partial charge in [0, 0.05) is 12.8 Å². The number of rotatable bonds is 7. The van der Waals surface area contributed by atoms with E-state index in [-0.39, 0.29) is 12.4 Å². The molecule has 1 heterocycles. The SMILES string of the molecule is CC(C)(C)OC(=O)CCOCCCc1ccnc(C#N)c1. The van der Waals surface area contributed by atoms with Crippen LogP contribution in [0.3, 0.4) is 0 Å². The van der Waals surface area contributed by atoms with Gasteiger partial charge in [0.2, 0.25) is 0 Å². The molecule has 0 saturated carbocycles. The number of carbonyl (C=O) groups is 1. The van der Waals surface area contributed by atoms with Gasteiger partial charge >= 0.3 is 5.97 Å². The standard InChI is InChI=1S/C16H22N2O3/c1-16(2,3)21-15(19)7-10-20-9-4-5-13-6-8-18-14(11-13)12-17/h6,8,11H,4-5,7,9-10H2,1-3H3. The van der Waals surface area contributed by atoms with Crippen LogP contribution in [0.4, 0.5) is 0 Å². The predicted molar refractivity (Wildman–Crippen MR) is 78.6 cm³/mol.